The van der Waals surface area contributed by atoms with Crippen molar-refractivity contribution in [1.29, 1.82) is 0 Å². The van der Waals surface area contributed by atoms with Gasteiger partial charge < -0.3 is 10.6 Å². The summed E-state index contributed by atoms with van der Waals surface area (Å²) in [4.78, 5) is 18.7. The van der Waals surface area contributed by atoms with Gasteiger partial charge in [-0.15, -0.1) is 0 Å². The van der Waals surface area contributed by atoms with Gasteiger partial charge in [-0.05, 0) is 42.2 Å². The van der Waals surface area contributed by atoms with Gasteiger partial charge in [-0.25, -0.2) is 0 Å². The summed E-state index contributed by atoms with van der Waals surface area (Å²) in [6, 6.07) is 11.7. The van der Waals surface area contributed by atoms with E-state index in [1.165, 1.54) is 5.56 Å². The largest absolute Gasteiger partial charge is 0.326 e. The first kappa shape index (κ1) is 12.8. The summed E-state index contributed by atoms with van der Waals surface area (Å²) < 4.78 is 0. The van der Waals surface area contributed by atoms with Gasteiger partial charge in [0.25, 0.3) is 5.91 Å². The maximum atomic E-state index is 12.7. The fourth-order valence-corrected chi connectivity index (χ4v) is 2.60. The van der Waals surface area contributed by atoms with Crippen LogP contribution in [0.1, 0.15) is 28.0 Å². The second-order valence-corrected chi connectivity index (χ2v) is 4.94. The van der Waals surface area contributed by atoms with Gasteiger partial charge in [0.2, 0.25) is 0 Å². The van der Waals surface area contributed by atoms with Crippen molar-refractivity contribution in [3.63, 3.8) is 0 Å². The summed E-state index contributed by atoms with van der Waals surface area (Å²) in [6.45, 7) is 1.16. The molecule has 1 aliphatic heterocycles. The molecule has 0 saturated heterocycles. The van der Waals surface area contributed by atoms with E-state index in [0.717, 1.165) is 30.6 Å². The molecule has 4 nitrogen and oxygen atoms in total. The van der Waals surface area contributed by atoms with Crippen LogP contribution >= 0.6 is 0 Å². The number of amides is 1. The summed E-state index contributed by atoms with van der Waals surface area (Å²) in [6.07, 6.45) is 3.65. The lowest BCUT2D eigenvalue weighted by molar-refractivity contribution is 0.0980. The Bertz CT molecular complexity index is 639. The van der Waals surface area contributed by atoms with Crippen molar-refractivity contribution in [3.05, 3.63) is 59.4 Å². The van der Waals surface area contributed by atoms with E-state index >= 15 is 0 Å². The fourth-order valence-electron chi connectivity index (χ4n) is 2.60. The smallest absolute Gasteiger partial charge is 0.276 e. The monoisotopic (exact) mass is 267 g/mol. The first-order valence-electron chi connectivity index (χ1n) is 6.84. The van der Waals surface area contributed by atoms with Gasteiger partial charge >= 0.3 is 0 Å². The fraction of sp³-hybridized carbons (Fsp3) is 0.250. The molecule has 0 unspecified atom stereocenters. The lowest BCUT2D eigenvalue weighted by Crippen LogP contribution is -2.36. The van der Waals surface area contributed by atoms with Crippen LogP contribution in [0.2, 0.25) is 0 Å². The third-order valence-electron chi connectivity index (χ3n) is 3.63. The van der Waals surface area contributed by atoms with Crippen molar-refractivity contribution in [2.45, 2.75) is 19.4 Å². The zero-order chi connectivity index (χ0) is 13.9. The molecule has 0 aliphatic carbocycles. The number of fused-ring (bicyclic) bond motifs is 1. The van der Waals surface area contributed by atoms with Crippen molar-refractivity contribution < 1.29 is 4.79 Å². The Kier molecular flexibility index (Phi) is 3.48. The highest BCUT2D eigenvalue weighted by Crippen LogP contribution is 2.27. The molecule has 102 valence electrons. The average Bonchev–Trinajstić information content (AvgIpc) is 2.53. The zero-order valence-corrected chi connectivity index (χ0v) is 11.2. The molecule has 2 heterocycles. The molecule has 1 aromatic heterocycles. The van der Waals surface area contributed by atoms with Crippen molar-refractivity contribution in [1.82, 2.24) is 4.98 Å². The number of para-hydroxylation sites is 1. The number of hydrogen-bond donors (Lipinski definition) is 1. The topological polar surface area (TPSA) is 59.2 Å². The van der Waals surface area contributed by atoms with Gasteiger partial charge in [-0.2, -0.15) is 0 Å². The number of aromatic nitrogens is 1. The van der Waals surface area contributed by atoms with Crippen LogP contribution in [-0.4, -0.2) is 17.4 Å². The summed E-state index contributed by atoms with van der Waals surface area (Å²) >= 11 is 0. The van der Waals surface area contributed by atoms with Crippen molar-refractivity contribution in [3.8, 4) is 0 Å². The molecule has 0 bridgehead atoms. The quantitative estimate of drug-likeness (QED) is 0.906. The van der Waals surface area contributed by atoms with E-state index in [4.69, 9.17) is 5.73 Å². The molecule has 0 atom stereocenters. The number of nitrogens with two attached hydrogens (primary N) is 1. The van der Waals surface area contributed by atoms with E-state index in [9.17, 15) is 4.79 Å². The first-order chi connectivity index (χ1) is 9.79. The Morgan fingerprint density at radius 2 is 2.15 bits per heavy atom. The summed E-state index contributed by atoms with van der Waals surface area (Å²) in [5.74, 6) is -0.0487. The minimum Gasteiger partial charge on any atom is -0.326 e. The van der Waals surface area contributed by atoms with E-state index in [-0.39, 0.29) is 5.91 Å². The van der Waals surface area contributed by atoms with E-state index in [1.807, 2.05) is 29.2 Å². The second kappa shape index (κ2) is 5.43. The van der Waals surface area contributed by atoms with Crippen molar-refractivity contribution >= 4 is 11.6 Å². The lowest BCUT2D eigenvalue weighted by Gasteiger charge is -2.29. The molecular formula is C16H17N3O. The van der Waals surface area contributed by atoms with Crippen molar-refractivity contribution in [2.24, 2.45) is 5.73 Å². The van der Waals surface area contributed by atoms with E-state index in [1.54, 1.807) is 12.3 Å². The maximum absolute atomic E-state index is 12.7. The Labute approximate surface area is 118 Å². The zero-order valence-electron chi connectivity index (χ0n) is 11.2. The molecule has 0 fully saturated rings. The van der Waals surface area contributed by atoms with Crippen LogP contribution in [0.3, 0.4) is 0 Å². The number of anilines is 1. The third kappa shape index (κ3) is 2.30. The van der Waals surface area contributed by atoms with Gasteiger partial charge in [0.15, 0.2) is 0 Å². The number of benzene rings is 1. The predicted octanol–water partition coefficient (Wildman–Crippen LogP) is 2.13. The highest BCUT2D eigenvalue weighted by Gasteiger charge is 2.23. The van der Waals surface area contributed by atoms with E-state index < -0.39 is 0 Å². The van der Waals surface area contributed by atoms with Crippen LogP contribution < -0.4 is 10.6 Å². The Morgan fingerprint density at radius 3 is 3.00 bits per heavy atom. The third-order valence-corrected chi connectivity index (χ3v) is 3.63. The van der Waals surface area contributed by atoms with Crippen LogP contribution in [0.5, 0.6) is 0 Å². The van der Waals surface area contributed by atoms with Crippen LogP contribution in [0, 0.1) is 0 Å². The van der Waals surface area contributed by atoms with Crippen LogP contribution in [0.15, 0.2) is 42.6 Å². The molecule has 1 amide bonds. The van der Waals surface area contributed by atoms with E-state index in [2.05, 4.69) is 11.1 Å². The molecule has 0 spiro atoms. The first-order valence-corrected chi connectivity index (χ1v) is 6.84. The van der Waals surface area contributed by atoms with E-state index in [0.29, 0.717) is 12.2 Å². The SMILES string of the molecule is NCc1ccnc(C(=O)N2CCCc3ccccc32)c1. The number of nitrogens with zero attached hydrogens (tertiary/aromatic N) is 2. The second-order valence-electron chi connectivity index (χ2n) is 4.94. The number of hydrogen-bond acceptors (Lipinski definition) is 3. The van der Waals surface area contributed by atoms with Gasteiger partial charge in [0.1, 0.15) is 5.69 Å². The van der Waals surface area contributed by atoms with Gasteiger partial charge in [-0.1, -0.05) is 18.2 Å². The summed E-state index contributed by atoms with van der Waals surface area (Å²) in [7, 11) is 0. The summed E-state index contributed by atoms with van der Waals surface area (Å²) in [5.41, 5.74) is 9.24. The Morgan fingerprint density at radius 1 is 1.30 bits per heavy atom. The summed E-state index contributed by atoms with van der Waals surface area (Å²) in [5, 5.41) is 0. The number of pyridine rings is 1. The molecule has 1 aromatic carbocycles. The highest BCUT2D eigenvalue weighted by molar-refractivity contribution is 6.05. The minimum atomic E-state index is -0.0487. The van der Waals surface area contributed by atoms with Gasteiger partial charge in [0, 0.05) is 25.0 Å². The standard InChI is InChI=1S/C16H17N3O/c17-11-12-7-8-18-14(10-12)16(20)19-9-3-5-13-4-1-2-6-15(13)19/h1-2,4,6-8,10H,3,5,9,11,17H2. The molecule has 0 saturated carbocycles. The maximum Gasteiger partial charge on any atom is 0.276 e. The van der Waals surface area contributed by atoms with Crippen molar-refractivity contribution in [2.75, 3.05) is 11.4 Å². The molecular weight excluding hydrogens is 250 g/mol. The van der Waals surface area contributed by atoms with Crippen LogP contribution in [-0.2, 0) is 13.0 Å². The molecule has 3 rings (SSSR count). The number of aryl methyl sites for hydroxylation is 1. The number of carbonyl (C=O) groups excluding carboxylic acids is 1. The Hall–Kier alpha value is -2.20. The molecule has 4 heteroatoms. The van der Waals surface area contributed by atoms with Crippen LogP contribution in [0.4, 0.5) is 5.69 Å². The average molecular weight is 267 g/mol. The molecule has 2 aromatic rings. The molecule has 2 N–H and O–H groups in total. The number of carbonyl (C=O) groups is 1. The van der Waals surface area contributed by atoms with Crippen LogP contribution in [0.25, 0.3) is 0 Å². The lowest BCUT2D eigenvalue weighted by atomic mass is 10.0. The highest BCUT2D eigenvalue weighted by atomic mass is 16.2. The predicted molar refractivity (Wildman–Crippen MR) is 78.6 cm³/mol. The number of rotatable bonds is 2. The van der Waals surface area contributed by atoms with Gasteiger partial charge in [0.05, 0.1) is 0 Å². The molecule has 1 aliphatic rings. The van der Waals surface area contributed by atoms with Gasteiger partial charge in [-0.3, -0.25) is 9.78 Å². The molecule has 20 heavy (non-hydrogen) atoms. The Balaban J connectivity index is 1.95. The normalized spacial score (nSPS) is 13.9. The minimum absolute atomic E-state index is 0.0487. The molecule has 0 radical (unpaired) electrons.